The summed E-state index contributed by atoms with van der Waals surface area (Å²) in [5, 5.41) is 0.740. The van der Waals surface area contributed by atoms with Crippen molar-refractivity contribution in [2.24, 2.45) is 5.92 Å². The third-order valence-electron chi connectivity index (χ3n) is 9.51. The summed E-state index contributed by atoms with van der Waals surface area (Å²) in [5.74, 6) is 1.51. The van der Waals surface area contributed by atoms with Crippen molar-refractivity contribution in [3.8, 4) is 5.75 Å². The molecule has 0 N–H and O–H groups in total. The van der Waals surface area contributed by atoms with Gasteiger partial charge in [0.1, 0.15) is 5.75 Å². The first kappa shape index (κ1) is 34.3. The predicted molar refractivity (Wildman–Crippen MR) is 179 cm³/mol. The molecule has 242 valence electrons. The molecule has 2 fully saturated rings. The Kier molecular flexibility index (Phi) is 13.4. The molecule has 0 aromatic heterocycles. The number of hydrogen-bond donors (Lipinski definition) is 0. The largest absolute Gasteiger partial charge is 0.497 e. The van der Waals surface area contributed by atoms with Crippen LogP contribution in [0.5, 0.6) is 5.75 Å². The number of benzene rings is 2. The molecule has 0 unspecified atom stereocenters. The monoisotopic (exact) mass is 624 g/mol. The molecule has 44 heavy (non-hydrogen) atoms. The minimum Gasteiger partial charge on any atom is -0.497 e. The Morgan fingerprint density at radius 2 is 1.52 bits per heavy atom. The summed E-state index contributed by atoms with van der Waals surface area (Å²) in [6, 6.07) is 16.5. The van der Waals surface area contributed by atoms with E-state index in [1.165, 1.54) is 31.2 Å². The molecule has 0 bridgehead atoms. The Morgan fingerprint density at radius 1 is 0.886 bits per heavy atom. The van der Waals surface area contributed by atoms with E-state index in [2.05, 4.69) is 40.7 Å². The average Bonchev–Trinajstić information content (AvgIpc) is 3.48. The van der Waals surface area contributed by atoms with Crippen molar-refractivity contribution in [3.63, 3.8) is 0 Å². The minimum atomic E-state index is 0.00935. The minimum absolute atomic E-state index is 0.00935. The highest BCUT2D eigenvalue weighted by atomic mass is 35.5. The molecule has 0 spiro atoms. The molecule has 2 aliphatic rings. The highest BCUT2D eigenvalue weighted by molar-refractivity contribution is 6.30. The lowest BCUT2D eigenvalue weighted by Gasteiger charge is -2.36. The predicted octanol–water partition coefficient (Wildman–Crippen LogP) is 6.31. The standard InChI is InChI=1S/C36H53ClN4O3/c1-28(2)41-26-34(31-13-15-32(37)16-14-31)35(27-41)36(43)39-23-21-38(22-24-39)19-9-7-5-6-8-10-20-40(29(3)42)25-30-11-17-33(44-4)18-12-30/h11-18,28,34-35H,5-10,19-27H2,1-4H3/t34-,35+/m1/s1. The zero-order valence-electron chi connectivity index (χ0n) is 27.3. The van der Waals surface area contributed by atoms with Crippen molar-refractivity contribution >= 4 is 23.4 Å². The van der Waals surface area contributed by atoms with Crippen molar-refractivity contribution in [2.75, 3.05) is 59.5 Å². The smallest absolute Gasteiger partial charge is 0.227 e. The van der Waals surface area contributed by atoms with Crippen LogP contribution in [0.25, 0.3) is 0 Å². The molecule has 2 atom stereocenters. The summed E-state index contributed by atoms with van der Waals surface area (Å²) in [5.41, 5.74) is 2.35. The lowest BCUT2D eigenvalue weighted by atomic mass is 9.88. The summed E-state index contributed by atoms with van der Waals surface area (Å²) in [7, 11) is 1.66. The van der Waals surface area contributed by atoms with Crippen LogP contribution in [0, 0.1) is 5.92 Å². The first-order valence-corrected chi connectivity index (χ1v) is 17.0. The molecule has 2 heterocycles. The highest BCUT2D eigenvalue weighted by Crippen LogP contribution is 2.35. The van der Waals surface area contributed by atoms with E-state index >= 15 is 0 Å². The van der Waals surface area contributed by atoms with Crippen LogP contribution in [0.4, 0.5) is 0 Å². The van der Waals surface area contributed by atoms with Gasteiger partial charge in [-0.2, -0.15) is 0 Å². The number of likely N-dealkylation sites (tertiary alicyclic amines) is 1. The maximum absolute atomic E-state index is 13.7. The van der Waals surface area contributed by atoms with Crippen LogP contribution in [-0.2, 0) is 16.1 Å². The fourth-order valence-corrected chi connectivity index (χ4v) is 6.75. The molecule has 0 radical (unpaired) electrons. The second-order valence-corrected chi connectivity index (χ2v) is 13.3. The normalized spacial score (nSPS) is 19.5. The Labute approximate surface area is 270 Å². The summed E-state index contributed by atoms with van der Waals surface area (Å²) >= 11 is 6.15. The first-order chi connectivity index (χ1) is 21.2. The van der Waals surface area contributed by atoms with Crippen molar-refractivity contribution < 1.29 is 14.3 Å². The Hall–Kier alpha value is -2.61. The molecule has 0 aliphatic carbocycles. The fourth-order valence-electron chi connectivity index (χ4n) is 6.62. The average molecular weight is 625 g/mol. The molecule has 2 aromatic carbocycles. The number of hydrogen-bond acceptors (Lipinski definition) is 5. The maximum atomic E-state index is 13.7. The van der Waals surface area contributed by atoms with Gasteiger partial charge in [0.2, 0.25) is 11.8 Å². The van der Waals surface area contributed by atoms with Gasteiger partial charge in [0.25, 0.3) is 0 Å². The summed E-state index contributed by atoms with van der Waals surface area (Å²) < 4.78 is 5.23. The third kappa shape index (κ3) is 9.95. The van der Waals surface area contributed by atoms with Gasteiger partial charge < -0.3 is 14.5 Å². The molecule has 0 saturated carbocycles. The molecule has 4 rings (SSSR count). The van der Waals surface area contributed by atoms with Crippen LogP contribution in [0.1, 0.15) is 76.3 Å². The van der Waals surface area contributed by atoms with E-state index in [1.807, 2.05) is 41.3 Å². The second kappa shape index (κ2) is 17.2. The molecular formula is C36H53ClN4O3. The molecule has 8 heteroatoms. The van der Waals surface area contributed by atoms with Gasteiger partial charge in [0.05, 0.1) is 13.0 Å². The van der Waals surface area contributed by atoms with Crippen LogP contribution in [0.2, 0.25) is 5.02 Å². The Morgan fingerprint density at radius 3 is 2.14 bits per heavy atom. The number of carbonyl (C=O) groups excluding carboxylic acids is 2. The molecule has 2 saturated heterocycles. The number of halogens is 1. The fraction of sp³-hybridized carbons (Fsp3) is 0.611. The number of amides is 2. The van der Waals surface area contributed by atoms with E-state index in [1.54, 1.807) is 14.0 Å². The van der Waals surface area contributed by atoms with Gasteiger partial charge in [-0.1, -0.05) is 61.5 Å². The van der Waals surface area contributed by atoms with E-state index in [0.29, 0.717) is 18.5 Å². The summed E-state index contributed by atoms with van der Waals surface area (Å²) in [4.78, 5) is 34.9. The van der Waals surface area contributed by atoms with E-state index in [9.17, 15) is 9.59 Å². The van der Waals surface area contributed by atoms with Gasteiger partial charge in [-0.05, 0) is 68.6 Å². The highest BCUT2D eigenvalue weighted by Gasteiger charge is 2.41. The number of carbonyl (C=O) groups is 2. The van der Waals surface area contributed by atoms with E-state index in [0.717, 1.165) is 81.5 Å². The topological polar surface area (TPSA) is 56.3 Å². The third-order valence-corrected chi connectivity index (χ3v) is 9.76. The number of methoxy groups -OCH3 is 1. The maximum Gasteiger partial charge on any atom is 0.227 e. The van der Waals surface area contributed by atoms with Crippen LogP contribution >= 0.6 is 11.6 Å². The van der Waals surface area contributed by atoms with Gasteiger partial charge in [-0.3, -0.25) is 19.4 Å². The number of ether oxygens (including phenoxy) is 1. The molecule has 7 nitrogen and oxygen atoms in total. The van der Waals surface area contributed by atoms with Gasteiger partial charge in [-0.15, -0.1) is 0 Å². The second-order valence-electron chi connectivity index (χ2n) is 12.9. The Balaban J connectivity index is 1.10. The lowest BCUT2D eigenvalue weighted by Crippen LogP contribution is -2.51. The number of piperazine rings is 1. The number of nitrogens with zero attached hydrogens (tertiary/aromatic N) is 4. The van der Waals surface area contributed by atoms with Crippen molar-refractivity contribution in [3.05, 3.63) is 64.7 Å². The van der Waals surface area contributed by atoms with Crippen LogP contribution in [0.15, 0.2) is 48.5 Å². The molecule has 2 aromatic rings. The lowest BCUT2D eigenvalue weighted by molar-refractivity contribution is -0.137. The summed E-state index contributed by atoms with van der Waals surface area (Å²) in [6.07, 6.45) is 7.07. The van der Waals surface area contributed by atoms with E-state index in [4.69, 9.17) is 16.3 Å². The zero-order chi connectivity index (χ0) is 31.5. The van der Waals surface area contributed by atoms with Crippen molar-refractivity contribution in [1.82, 2.24) is 19.6 Å². The van der Waals surface area contributed by atoms with E-state index in [-0.39, 0.29) is 17.7 Å². The molecular weight excluding hydrogens is 572 g/mol. The van der Waals surface area contributed by atoms with E-state index < -0.39 is 0 Å². The number of rotatable bonds is 15. The van der Waals surface area contributed by atoms with Gasteiger partial charge in [0, 0.05) is 76.3 Å². The van der Waals surface area contributed by atoms with Crippen molar-refractivity contribution in [1.29, 1.82) is 0 Å². The molecule has 2 aliphatic heterocycles. The number of unbranched alkanes of at least 4 members (excludes halogenated alkanes) is 5. The SMILES string of the molecule is COc1ccc(CN(CCCCCCCCN2CCN(C(=O)[C@H]3CN(C(C)C)C[C@@H]3c3ccc(Cl)cc3)CC2)C(C)=O)cc1. The Bertz CT molecular complexity index is 1160. The van der Waals surface area contributed by atoms with Crippen LogP contribution in [0.3, 0.4) is 0 Å². The van der Waals surface area contributed by atoms with Crippen LogP contribution < -0.4 is 4.74 Å². The van der Waals surface area contributed by atoms with Gasteiger partial charge in [0.15, 0.2) is 0 Å². The quantitative estimate of drug-likeness (QED) is 0.218. The zero-order valence-corrected chi connectivity index (χ0v) is 28.1. The van der Waals surface area contributed by atoms with Crippen LogP contribution in [-0.4, -0.2) is 96.9 Å². The molecule has 2 amide bonds. The summed E-state index contributed by atoms with van der Waals surface area (Å²) in [6.45, 7) is 14.0. The van der Waals surface area contributed by atoms with Crippen molar-refractivity contribution in [2.45, 2.75) is 77.8 Å². The van der Waals surface area contributed by atoms with Gasteiger partial charge >= 0.3 is 0 Å². The van der Waals surface area contributed by atoms with Gasteiger partial charge in [-0.25, -0.2) is 0 Å². The first-order valence-electron chi connectivity index (χ1n) is 16.6.